The molecule has 2 nitrogen and oxygen atoms in total. The van der Waals surface area contributed by atoms with Gasteiger partial charge in [0.2, 0.25) is 0 Å². The lowest BCUT2D eigenvalue weighted by Gasteiger charge is -2.27. The van der Waals surface area contributed by atoms with Gasteiger partial charge in [-0.2, -0.15) is 0 Å². The Kier molecular flexibility index (Phi) is 3.50. The van der Waals surface area contributed by atoms with E-state index in [2.05, 4.69) is 28.6 Å². The van der Waals surface area contributed by atoms with Crippen molar-refractivity contribution in [2.75, 3.05) is 19.6 Å². The molecule has 0 radical (unpaired) electrons. The summed E-state index contributed by atoms with van der Waals surface area (Å²) in [5.74, 6) is 0.972. The maximum Gasteiger partial charge on any atom is 0.0245 e. The van der Waals surface area contributed by atoms with Crippen LogP contribution in [0.25, 0.3) is 0 Å². The SMILES string of the molecule is CC(NCCN1CCc2sccc2C1)C1CC1. The lowest BCUT2D eigenvalue weighted by Crippen LogP contribution is -2.38. The summed E-state index contributed by atoms with van der Waals surface area (Å²) in [6.07, 6.45) is 4.14. The van der Waals surface area contributed by atoms with Crippen LogP contribution in [-0.4, -0.2) is 30.6 Å². The summed E-state index contributed by atoms with van der Waals surface area (Å²) in [6, 6.07) is 3.03. The zero-order valence-electron chi connectivity index (χ0n) is 10.6. The van der Waals surface area contributed by atoms with E-state index in [0.29, 0.717) is 0 Å². The van der Waals surface area contributed by atoms with Crippen molar-refractivity contribution >= 4 is 11.3 Å². The number of nitrogens with zero attached hydrogens (tertiary/aromatic N) is 1. The van der Waals surface area contributed by atoms with Crippen LogP contribution in [0, 0.1) is 5.92 Å². The molecule has 3 rings (SSSR count). The number of fused-ring (bicyclic) bond motifs is 1. The van der Waals surface area contributed by atoms with Crippen molar-refractivity contribution in [3.05, 3.63) is 21.9 Å². The summed E-state index contributed by atoms with van der Waals surface area (Å²) in [7, 11) is 0. The lowest BCUT2D eigenvalue weighted by molar-refractivity contribution is 0.251. The van der Waals surface area contributed by atoms with E-state index in [1.807, 2.05) is 11.3 Å². The number of nitrogens with one attached hydrogen (secondary N) is 1. The first kappa shape index (κ1) is 11.7. The van der Waals surface area contributed by atoms with Crippen molar-refractivity contribution in [1.82, 2.24) is 10.2 Å². The quantitative estimate of drug-likeness (QED) is 0.864. The van der Waals surface area contributed by atoms with Crippen LogP contribution in [0.2, 0.25) is 0 Å². The van der Waals surface area contributed by atoms with Crippen molar-refractivity contribution < 1.29 is 0 Å². The molecular weight excluding hydrogens is 228 g/mol. The number of hydrogen-bond acceptors (Lipinski definition) is 3. The van der Waals surface area contributed by atoms with Crippen LogP contribution in [0.15, 0.2) is 11.4 Å². The summed E-state index contributed by atoms with van der Waals surface area (Å²) in [5, 5.41) is 5.91. The summed E-state index contributed by atoms with van der Waals surface area (Å²) in [6.45, 7) is 7.10. The highest BCUT2D eigenvalue weighted by Gasteiger charge is 2.27. The van der Waals surface area contributed by atoms with E-state index in [4.69, 9.17) is 0 Å². The van der Waals surface area contributed by atoms with Crippen LogP contribution in [0.1, 0.15) is 30.2 Å². The average molecular weight is 250 g/mol. The molecule has 3 heteroatoms. The van der Waals surface area contributed by atoms with E-state index in [1.165, 1.54) is 38.9 Å². The normalized spacial score (nSPS) is 22.4. The van der Waals surface area contributed by atoms with Gasteiger partial charge in [-0.1, -0.05) is 0 Å². The van der Waals surface area contributed by atoms with Crippen molar-refractivity contribution in [3.8, 4) is 0 Å². The summed E-state index contributed by atoms with van der Waals surface area (Å²) < 4.78 is 0. The molecule has 1 aromatic heterocycles. The molecule has 2 heterocycles. The first-order chi connectivity index (χ1) is 8.33. The van der Waals surface area contributed by atoms with Gasteiger partial charge in [-0.3, -0.25) is 4.90 Å². The fourth-order valence-electron chi connectivity index (χ4n) is 2.71. The van der Waals surface area contributed by atoms with Gasteiger partial charge in [0.15, 0.2) is 0 Å². The molecule has 1 aromatic rings. The number of hydrogen-bond donors (Lipinski definition) is 1. The van der Waals surface area contributed by atoms with Crippen molar-refractivity contribution in [2.45, 2.75) is 38.8 Å². The van der Waals surface area contributed by atoms with Crippen LogP contribution in [0.3, 0.4) is 0 Å². The van der Waals surface area contributed by atoms with Gasteiger partial charge in [0, 0.05) is 37.1 Å². The summed E-state index contributed by atoms with van der Waals surface area (Å²) in [4.78, 5) is 4.20. The molecule has 1 atom stereocenters. The second kappa shape index (κ2) is 5.09. The molecule has 1 fully saturated rings. The van der Waals surface area contributed by atoms with Crippen LogP contribution in [0.4, 0.5) is 0 Å². The van der Waals surface area contributed by atoms with Crippen LogP contribution in [-0.2, 0) is 13.0 Å². The molecule has 0 spiro atoms. The van der Waals surface area contributed by atoms with Gasteiger partial charge >= 0.3 is 0 Å². The molecule has 2 aliphatic rings. The highest BCUT2D eigenvalue weighted by molar-refractivity contribution is 7.10. The van der Waals surface area contributed by atoms with Gasteiger partial charge in [-0.05, 0) is 49.1 Å². The topological polar surface area (TPSA) is 15.3 Å². The van der Waals surface area contributed by atoms with E-state index in [-0.39, 0.29) is 0 Å². The van der Waals surface area contributed by atoms with E-state index in [1.54, 1.807) is 10.4 Å². The van der Waals surface area contributed by atoms with Crippen molar-refractivity contribution in [1.29, 1.82) is 0 Å². The predicted molar refractivity (Wildman–Crippen MR) is 73.5 cm³/mol. The Morgan fingerprint density at radius 1 is 1.53 bits per heavy atom. The molecule has 1 saturated carbocycles. The Labute approximate surface area is 108 Å². The molecule has 1 unspecified atom stereocenters. The summed E-state index contributed by atoms with van der Waals surface area (Å²) in [5.41, 5.74) is 1.57. The molecule has 17 heavy (non-hydrogen) atoms. The molecule has 0 amide bonds. The van der Waals surface area contributed by atoms with E-state index in [0.717, 1.165) is 18.5 Å². The highest BCUT2D eigenvalue weighted by Crippen LogP contribution is 2.32. The van der Waals surface area contributed by atoms with Crippen molar-refractivity contribution in [2.24, 2.45) is 5.92 Å². The molecule has 0 saturated heterocycles. The smallest absolute Gasteiger partial charge is 0.0245 e. The minimum absolute atomic E-state index is 0.733. The predicted octanol–water partition coefficient (Wildman–Crippen LogP) is 2.49. The first-order valence-electron chi connectivity index (χ1n) is 6.84. The molecule has 1 N–H and O–H groups in total. The maximum atomic E-state index is 3.67. The number of rotatable bonds is 5. The highest BCUT2D eigenvalue weighted by atomic mass is 32.1. The van der Waals surface area contributed by atoms with Gasteiger partial charge in [0.25, 0.3) is 0 Å². The van der Waals surface area contributed by atoms with E-state index >= 15 is 0 Å². The van der Waals surface area contributed by atoms with E-state index < -0.39 is 0 Å². The second-order valence-corrected chi connectivity index (χ2v) is 6.48. The zero-order valence-corrected chi connectivity index (χ0v) is 11.4. The standard InChI is InChI=1S/C14H22N2S/c1-11(12-2-3-12)15-6-8-16-7-4-14-13(10-16)5-9-17-14/h5,9,11-12,15H,2-4,6-8,10H2,1H3. The van der Waals surface area contributed by atoms with Gasteiger partial charge in [0.1, 0.15) is 0 Å². The molecule has 94 valence electrons. The lowest BCUT2D eigenvalue weighted by atomic mass is 10.1. The maximum absolute atomic E-state index is 3.67. The second-order valence-electron chi connectivity index (χ2n) is 5.48. The Morgan fingerprint density at radius 3 is 3.24 bits per heavy atom. The third kappa shape index (κ3) is 2.90. The molecule has 0 bridgehead atoms. The summed E-state index contributed by atoms with van der Waals surface area (Å²) >= 11 is 1.93. The van der Waals surface area contributed by atoms with E-state index in [9.17, 15) is 0 Å². The Bertz CT molecular complexity index is 370. The first-order valence-corrected chi connectivity index (χ1v) is 7.72. The fraction of sp³-hybridized carbons (Fsp3) is 0.714. The monoisotopic (exact) mass is 250 g/mol. The largest absolute Gasteiger partial charge is 0.313 e. The molecule has 1 aliphatic heterocycles. The third-order valence-corrected chi connectivity index (χ3v) is 5.13. The zero-order chi connectivity index (χ0) is 11.7. The van der Waals surface area contributed by atoms with Crippen LogP contribution >= 0.6 is 11.3 Å². The molecule has 0 aromatic carbocycles. The average Bonchev–Trinajstić information content (AvgIpc) is 3.08. The van der Waals surface area contributed by atoms with Gasteiger partial charge in [-0.25, -0.2) is 0 Å². The fourth-order valence-corrected chi connectivity index (χ4v) is 3.60. The van der Waals surface area contributed by atoms with Gasteiger partial charge in [0.05, 0.1) is 0 Å². The van der Waals surface area contributed by atoms with Crippen molar-refractivity contribution in [3.63, 3.8) is 0 Å². The van der Waals surface area contributed by atoms with Crippen LogP contribution in [0.5, 0.6) is 0 Å². The Hall–Kier alpha value is -0.380. The number of thiophene rings is 1. The Morgan fingerprint density at radius 2 is 2.41 bits per heavy atom. The Balaban J connectivity index is 1.41. The van der Waals surface area contributed by atoms with Crippen LogP contribution < -0.4 is 5.32 Å². The minimum Gasteiger partial charge on any atom is -0.313 e. The van der Waals surface area contributed by atoms with Gasteiger partial charge < -0.3 is 5.32 Å². The molecular formula is C14H22N2S. The third-order valence-electron chi connectivity index (χ3n) is 4.11. The van der Waals surface area contributed by atoms with Gasteiger partial charge in [-0.15, -0.1) is 11.3 Å². The minimum atomic E-state index is 0.733. The molecule has 1 aliphatic carbocycles.